The second-order valence-corrected chi connectivity index (χ2v) is 10.2. The molecule has 10 heteroatoms. The Kier molecular flexibility index (Phi) is 7.00. The van der Waals surface area contributed by atoms with Gasteiger partial charge in [0.1, 0.15) is 17.2 Å². The van der Waals surface area contributed by atoms with Crippen LogP contribution in [0.1, 0.15) is 49.6 Å². The predicted octanol–water partition coefficient (Wildman–Crippen LogP) is 5.59. The van der Waals surface area contributed by atoms with Gasteiger partial charge >= 0.3 is 6.61 Å². The molecule has 4 heterocycles. The summed E-state index contributed by atoms with van der Waals surface area (Å²) in [7, 11) is 0. The minimum absolute atomic E-state index is 0.0845. The van der Waals surface area contributed by atoms with Crippen LogP contribution in [0.25, 0.3) is 16.8 Å². The molecule has 1 aliphatic rings. The van der Waals surface area contributed by atoms with Crippen LogP contribution >= 0.6 is 0 Å². The molecule has 0 bridgehead atoms. The molecule has 0 aliphatic carbocycles. The van der Waals surface area contributed by atoms with E-state index in [1.54, 1.807) is 41.2 Å². The van der Waals surface area contributed by atoms with Crippen molar-refractivity contribution >= 4 is 11.6 Å². The van der Waals surface area contributed by atoms with Gasteiger partial charge in [-0.1, -0.05) is 32.0 Å². The van der Waals surface area contributed by atoms with Crippen LogP contribution in [0.2, 0.25) is 0 Å². The fraction of sp³-hybridized carbons (Fsp3) is 0.393. The maximum atomic E-state index is 15.2. The number of imidazole rings is 1. The van der Waals surface area contributed by atoms with Crippen molar-refractivity contribution < 1.29 is 23.0 Å². The number of pyridine rings is 1. The number of fused-ring (bicyclic) bond motifs is 1. The van der Waals surface area contributed by atoms with E-state index < -0.39 is 12.4 Å². The summed E-state index contributed by atoms with van der Waals surface area (Å²) in [6.07, 6.45) is 6.54. The topological polar surface area (TPSA) is 75.8 Å². The second-order valence-electron chi connectivity index (χ2n) is 10.2. The third-order valence-electron chi connectivity index (χ3n) is 7.53. The largest absolute Gasteiger partial charge is 0.435 e. The Morgan fingerprint density at radius 1 is 1.13 bits per heavy atom. The highest BCUT2D eigenvalue weighted by molar-refractivity contribution is 5.65. The molecule has 5 rings (SSSR count). The number of benzene rings is 1. The third-order valence-corrected chi connectivity index (χ3v) is 7.53. The van der Waals surface area contributed by atoms with Gasteiger partial charge in [0.25, 0.3) is 0 Å². The zero-order chi connectivity index (χ0) is 27.0. The van der Waals surface area contributed by atoms with Crippen LogP contribution in [0.3, 0.4) is 0 Å². The maximum absolute atomic E-state index is 15.2. The van der Waals surface area contributed by atoms with Crippen LogP contribution in [-0.4, -0.2) is 50.8 Å². The number of hydrogen-bond acceptors (Lipinski definition) is 6. The van der Waals surface area contributed by atoms with Crippen LogP contribution in [0, 0.1) is 18.2 Å². The van der Waals surface area contributed by atoms with Gasteiger partial charge in [0, 0.05) is 67.0 Å². The van der Waals surface area contributed by atoms with E-state index in [1.807, 2.05) is 13.8 Å². The van der Waals surface area contributed by atoms with Crippen molar-refractivity contribution in [2.45, 2.75) is 46.1 Å². The molecule has 38 heavy (non-hydrogen) atoms. The lowest BCUT2D eigenvalue weighted by Crippen LogP contribution is -2.41. The molecule has 0 amide bonds. The number of para-hydroxylation sites is 1. The van der Waals surface area contributed by atoms with Gasteiger partial charge < -0.3 is 19.1 Å². The van der Waals surface area contributed by atoms with Crippen molar-refractivity contribution in [2.24, 2.45) is 5.41 Å². The quantitative estimate of drug-likeness (QED) is 0.339. The SMILES string of the molecule is Cc1nc2cc(F)c(-c3cnc(N4CCC(C)(CO)CC4)nc3)cn2c1C(C)c1ccccc1OC(F)F. The average Bonchev–Trinajstić information content (AvgIpc) is 3.22. The van der Waals surface area contributed by atoms with E-state index in [0.717, 1.165) is 31.6 Å². The summed E-state index contributed by atoms with van der Waals surface area (Å²) in [4.78, 5) is 15.6. The lowest BCUT2D eigenvalue weighted by molar-refractivity contribution is -0.0505. The summed E-state index contributed by atoms with van der Waals surface area (Å²) in [6, 6.07) is 8.00. The number of piperidine rings is 1. The average molecular weight is 526 g/mol. The highest BCUT2D eigenvalue weighted by Crippen LogP contribution is 2.36. The Labute approximate surface area is 218 Å². The number of aliphatic hydroxyl groups is 1. The molecule has 4 aromatic rings. The molecule has 0 spiro atoms. The van der Waals surface area contributed by atoms with Gasteiger partial charge in [-0.25, -0.2) is 19.3 Å². The van der Waals surface area contributed by atoms with Crippen LogP contribution in [0.4, 0.5) is 19.1 Å². The number of ether oxygens (including phenoxy) is 1. The zero-order valence-electron chi connectivity index (χ0n) is 21.5. The van der Waals surface area contributed by atoms with Gasteiger partial charge in [-0.15, -0.1) is 0 Å². The number of halogens is 3. The molecule has 7 nitrogen and oxygen atoms in total. The van der Waals surface area contributed by atoms with Crippen molar-refractivity contribution in [3.05, 3.63) is 71.7 Å². The predicted molar refractivity (Wildman–Crippen MR) is 138 cm³/mol. The number of aryl methyl sites for hydroxylation is 1. The first-order valence-electron chi connectivity index (χ1n) is 12.6. The molecule has 1 fully saturated rings. The van der Waals surface area contributed by atoms with E-state index in [1.165, 1.54) is 12.1 Å². The Hall–Kier alpha value is -3.66. The fourth-order valence-corrected chi connectivity index (χ4v) is 5.15. The smallest absolute Gasteiger partial charge is 0.387 e. The zero-order valence-corrected chi connectivity index (χ0v) is 21.5. The summed E-state index contributed by atoms with van der Waals surface area (Å²) < 4.78 is 47.8. The summed E-state index contributed by atoms with van der Waals surface area (Å²) in [6.45, 7) is 4.45. The molecule has 1 aromatic carbocycles. The number of alkyl halides is 2. The number of hydrogen-bond donors (Lipinski definition) is 1. The molecule has 1 atom stereocenters. The molecule has 1 aliphatic heterocycles. The molecule has 1 N–H and O–H groups in total. The van der Waals surface area contributed by atoms with Gasteiger partial charge in [-0.05, 0) is 31.2 Å². The van der Waals surface area contributed by atoms with Crippen LogP contribution in [-0.2, 0) is 0 Å². The lowest BCUT2D eigenvalue weighted by atomic mass is 9.81. The first-order chi connectivity index (χ1) is 18.2. The number of anilines is 1. The molecular weight excluding hydrogens is 495 g/mol. The number of aliphatic hydroxyl groups excluding tert-OH is 1. The summed E-state index contributed by atoms with van der Waals surface area (Å²) in [5.74, 6) is -0.164. The first-order valence-corrected chi connectivity index (χ1v) is 12.6. The molecule has 3 aromatic heterocycles. The van der Waals surface area contributed by atoms with Crippen molar-refractivity contribution in [2.75, 3.05) is 24.6 Å². The molecule has 0 radical (unpaired) electrons. The van der Waals surface area contributed by atoms with Gasteiger partial charge in [0.05, 0.1) is 11.4 Å². The van der Waals surface area contributed by atoms with Crippen molar-refractivity contribution in [1.29, 1.82) is 0 Å². The van der Waals surface area contributed by atoms with E-state index in [9.17, 15) is 13.9 Å². The van der Waals surface area contributed by atoms with E-state index >= 15 is 4.39 Å². The van der Waals surface area contributed by atoms with Gasteiger partial charge in [-0.2, -0.15) is 8.78 Å². The Morgan fingerprint density at radius 3 is 2.47 bits per heavy atom. The van der Waals surface area contributed by atoms with Gasteiger partial charge in [-0.3, -0.25) is 0 Å². The first kappa shape index (κ1) is 26.0. The van der Waals surface area contributed by atoms with Crippen LogP contribution in [0.5, 0.6) is 5.75 Å². The van der Waals surface area contributed by atoms with Crippen molar-refractivity contribution in [1.82, 2.24) is 19.4 Å². The van der Waals surface area contributed by atoms with E-state index in [2.05, 4.69) is 26.8 Å². The normalized spacial score (nSPS) is 16.3. The van der Waals surface area contributed by atoms with Crippen LogP contribution in [0.15, 0.2) is 48.9 Å². The van der Waals surface area contributed by atoms with Crippen molar-refractivity contribution in [3.8, 4) is 16.9 Å². The highest BCUT2D eigenvalue weighted by atomic mass is 19.3. The summed E-state index contributed by atoms with van der Waals surface area (Å²) in [5.41, 5.74) is 3.12. The molecule has 0 saturated carbocycles. The second kappa shape index (κ2) is 10.2. The van der Waals surface area contributed by atoms with E-state index in [-0.39, 0.29) is 23.7 Å². The third kappa shape index (κ3) is 4.92. The Morgan fingerprint density at radius 2 is 1.82 bits per heavy atom. The van der Waals surface area contributed by atoms with Gasteiger partial charge in [0.15, 0.2) is 0 Å². The summed E-state index contributed by atoms with van der Waals surface area (Å²) in [5, 5.41) is 9.61. The Balaban J connectivity index is 1.48. The maximum Gasteiger partial charge on any atom is 0.387 e. The lowest BCUT2D eigenvalue weighted by Gasteiger charge is -2.38. The molecule has 1 saturated heterocycles. The number of rotatable bonds is 7. The van der Waals surface area contributed by atoms with Crippen molar-refractivity contribution in [3.63, 3.8) is 0 Å². The molecule has 200 valence electrons. The minimum Gasteiger partial charge on any atom is -0.435 e. The van der Waals surface area contributed by atoms with E-state index in [0.29, 0.717) is 34.0 Å². The Bertz CT molecular complexity index is 1430. The highest BCUT2D eigenvalue weighted by Gasteiger charge is 2.30. The van der Waals surface area contributed by atoms with Gasteiger partial charge in [0.2, 0.25) is 5.95 Å². The monoisotopic (exact) mass is 525 g/mol. The molecule has 1 unspecified atom stereocenters. The summed E-state index contributed by atoms with van der Waals surface area (Å²) >= 11 is 0. The fourth-order valence-electron chi connectivity index (χ4n) is 5.15. The standard InChI is InChI=1S/C28H30F3N5O2/c1-17(20-6-4-5-7-23(20)38-26(30)31)25-18(2)34-24-12-22(29)21(15-36(24)25)19-13-32-27(33-14-19)35-10-8-28(3,16-37)9-11-35/h4-7,12-15,17,26,37H,8-11,16H2,1-3H3. The van der Waals surface area contributed by atoms with Crippen LogP contribution < -0.4 is 9.64 Å². The number of aromatic nitrogens is 4. The van der Waals surface area contributed by atoms with E-state index in [4.69, 9.17) is 4.74 Å². The number of nitrogens with zero attached hydrogens (tertiary/aromatic N) is 5. The minimum atomic E-state index is -2.94. The molecular formula is C28H30F3N5O2.